The van der Waals surface area contributed by atoms with Gasteiger partial charge in [0.2, 0.25) is 0 Å². The summed E-state index contributed by atoms with van der Waals surface area (Å²) >= 11 is 5.77. The van der Waals surface area contributed by atoms with E-state index in [1.807, 2.05) is 19.1 Å². The molecule has 0 aliphatic heterocycles. The van der Waals surface area contributed by atoms with Crippen molar-refractivity contribution in [3.8, 4) is 0 Å². The summed E-state index contributed by atoms with van der Waals surface area (Å²) in [6.07, 6.45) is 4.96. The fourth-order valence-corrected chi connectivity index (χ4v) is 1.61. The van der Waals surface area contributed by atoms with E-state index in [0.717, 1.165) is 11.4 Å². The highest BCUT2D eigenvalue weighted by molar-refractivity contribution is 6.30. The number of aromatic nitrogens is 2. The van der Waals surface area contributed by atoms with Gasteiger partial charge in [0.15, 0.2) is 0 Å². The molecule has 19 heavy (non-hydrogen) atoms. The predicted octanol–water partition coefficient (Wildman–Crippen LogP) is 2.00. The number of hydrogen-bond acceptors (Lipinski definition) is 3. The van der Waals surface area contributed by atoms with Crippen LogP contribution in [0.4, 0.5) is 0 Å². The third kappa shape index (κ3) is 3.93. The van der Waals surface area contributed by atoms with E-state index >= 15 is 0 Å². The van der Waals surface area contributed by atoms with Crippen LogP contribution in [0.5, 0.6) is 0 Å². The zero-order valence-electron chi connectivity index (χ0n) is 10.4. The molecule has 1 heterocycles. The molecule has 2 rings (SSSR count). The van der Waals surface area contributed by atoms with Crippen LogP contribution in [-0.4, -0.2) is 21.7 Å². The molecule has 98 valence electrons. The summed E-state index contributed by atoms with van der Waals surface area (Å²) in [5.74, 6) is 0.586. The van der Waals surface area contributed by atoms with Crippen molar-refractivity contribution in [3.05, 3.63) is 53.1 Å². The number of aryl methyl sites for hydroxylation is 1. The summed E-state index contributed by atoms with van der Waals surface area (Å²) in [4.78, 5) is 15.7. The summed E-state index contributed by atoms with van der Waals surface area (Å²) < 4.78 is 1.74. The van der Waals surface area contributed by atoms with Gasteiger partial charge in [-0.15, -0.1) is 0 Å². The van der Waals surface area contributed by atoms with E-state index in [-0.39, 0.29) is 12.5 Å². The molecule has 1 aromatic heterocycles. The van der Waals surface area contributed by atoms with Crippen molar-refractivity contribution >= 4 is 23.7 Å². The summed E-state index contributed by atoms with van der Waals surface area (Å²) in [7, 11) is 0. The highest BCUT2D eigenvalue weighted by Crippen LogP contribution is 2.07. The molecule has 0 saturated carbocycles. The van der Waals surface area contributed by atoms with Crippen LogP contribution in [0.3, 0.4) is 0 Å². The van der Waals surface area contributed by atoms with E-state index in [1.165, 1.54) is 0 Å². The Hall–Kier alpha value is -2.14. The first-order valence-electron chi connectivity index (χ1n) is 5.70. The number of nitrogens with zero attached hydrogens (tertiary/aromatic N) is 3. The number of hydrazone groups is 1. The second-order valence-corrected chi connectivity index (χ2v) is 4.38. The summed E-state index contributed by atoms with van der Waals surface area (Å²) in [6.45, 7) is 2.04. The molecule has 0 aliphatic carbocycles. The molecule has 1 aromatic carbocycles. The Morgan fingerprint density at radius 2 is 2.21 bits per heavy atom. The lowest BCUT2D eigenvalue weighted by Crippen LogP contribution is -2.23. The van der Waals surface area contributed by atoms with E-state index in [1.54, 1.807) is 35.3 Å². The van der Waals surface area contributed by atoms with Crippen LogP contribution in [0.15, 0.2) is 41.8 Å². The predicted molar refractivity (Wildman–Crippen MR) is 74.2 cm³/mol. The highest BCUT2D eigenvalue weighted by atomic mass is 35.5. The maximum Gasteiger partial charge on any atom is 0.260 e. The molecule has 6 heteroatoms. The second kappa shape index (κ2) is 6.15. The van der Waals surface area contributed by atoms with Crippen molar-refractivity contribution in [2.75, 3.05) is 0 Å². The first-order valence-corrected chi connectivity index (χ1v) is 6.08. The van der Waals surface area contributed by atoms with Crippen LogP contribution in [0.1, 0.15) is 11.4 Å². The molecule has 0 atom stereocenters. The maximum atomic E-state index is 11.6. The smallest absolute Gasteiger partial charge is 0.260 e. The summed E-state index contributed by atoms with van der Waals surface area (Å²) in [5.41, 5.74) is 3.32. The maximum absolute atomic E-state index is 11.6. The van der Waals surface area contributed by atoms with Crippen LogP contribution in [-0.2, 0) is 11.3 Å². The lowest BCUT2D eigenvalue weighted by atomic mass is 10.2. The van der Waals surface area contributed by atoms with Gasteiger partial charge in [-0.3, -0.25) is 4.79 Å². The number of imidazole rings is 1. The number of nitrogens with one attached hydrogen (secondary N) is 1. The van der Waals surface area contributed by atoms with Gasteiger partial charge in [-0.25, -0.2) is 10.4 Å². The van der Waals surface area contributed by atoms with Crippen LogP contribution in [0.2, 0.25) is 5.02 Å². The molecular weight excluding hydrogens is 264 g/mol. The molecule has 0 saturated heterocycles. The molecule has 0 aliphatic rings. The monoisotopic (exact) mass is 276 g/mol. The topological polar surface area (TPSA) is 59.3 Å². The number of carbonyl (C=O) groups is 1. The van der Waals surface area contributed by atoms with Crippen molar-refractivity contribution in [2.45, 2.75) is 13.5 Å². The van der Waals surface area contributed by atoms with Crippen molar-refractivity contribution in [1.29, 1.82) is 0 Å². The average Bonchev–Trinajstić information content (AvgIpc) is 2.78. The third-order valence-corrected chi connectivity index (χ3v) is 2.76. The Balaban J connectivity index is 1.86. The molecule has 0 unspecified atom stereocenters. The standard InChI is InChI=1S/C13H13ClN4O/c1-10-15-6-7-18(10)9-13(19)17-16-8-11-2-4-12(14)5-3-11/h2-8H,9H2,1H3,(H,17,19). The molecule has 0 fully saturated rings. The van der Waals surface area contributed by atoms with Gasteiger partial charge in [0.25, 0.3) is 5.91 Å². The Labute approximate surface area is 115 Å². The summed E-state index contributed by atoms with van der Waals surface area (Å²) in [6, 6.07) is 7.16. The Morgan fingerprint density at radius 1 is 1.47 bits per heavy atom. The lowest BCUT2D eigenvalue weighted by molar-refractivity contribution is -0.121. The molecule has 5 nitrogen and oxygen atoms in total. The van der Waals surface area contributed by atoms with E-state index in [2.05, 4.69) is 15.5 Å². The number of carbonyl (C=O) groups excluding carboxylic acids is 1. The van der Waals surface area contributed by atoms with Crippen LogP contribution < -0.4 is 5.43 Å². The van der Waals surface area contributed by atoms with E-state index in [0.29, 0.717) is 5.02 Å². The van der Waals surface area contributed by atoms with E-state index in [9.17, 15) is 4.79 Å². The van der Waals surface area contributed by atoms with Gasteiger partial charge in [0.1, 0.15) is 12.4 Å². The van der Waals surface area contributed by atoms with E-state index < -0.39 is 0 Å². The van der Waals surface area contributed by atoms with Crippen molar-refractivity contribution in [3.63, 3.8) is 0 Å². The summed E-state index contributed by atoms with van der Waals surface area (Å²) in [5, 5.41) is 4.54. The van der Waals surface area contributed by atoms with Gasteiger partial charge in [-0.1, -0.05) is 23.7 Å². The quantitative estimate of drug-likeness (QED) is 0.686. The normalized spacial score (nSPS) is 10.8. The lowest BCUT2D eigenvalue weighted by Gasteiger charge is -2.02. The fraction of sp³-hybridized carbons (Fsp3) is 0.154. The van der Waals surface area contributed by atoms with Crippen LogP contribution in [0.25, 0.3) is 0 Å². The molecule has 1 amide bonds. The van der Waals surface area contributed by atoms with Gasteiger partial charge < -0.3 is 4.57 Å². The number of rotatable bonds is 4. The van der Waals surface area contributed by atoms with Gasteiger partial charge in [-0.05, 0) is 24.6 Å². The highest BCUT2D eigenvalue weighted by Gasteiger charge is 2.02. The number of halogens is 1. The zero-order chi connectivity index (χ0) is 13.7. The third-order valence-electron chi connectivity index (χ3n) is 2.51. The number of hydrogen-bond donors (Lipinski definition) is 1. The zero-order valence-corrected chi connectivity index (χ0v) is 11.1. The Morgan fingerprint density at radius 3 is 2.84 bits per heavy atom. The van der Waals surface area contributed by atoms with Gasteiger partial charge in [0, 0.05) is 17.4 Å². The largest absolute Gasteiger partial charge is 0.326 e. The molecule has 1 N–H and O–H groups in total. The fourth-order valence-electron chi connectivity index (χ4n) is 1.49. The SMILES string of the molecule is Cc1nccn1CC(=O)NN=Cc1ccc(Cl)cc1. The molecule has 0 radical (unpaired) electrons. The Kier molecular flexibility index (Phi) is 4.30. The molecule has 0 spiro atoms. The minimum atomic E-state index is -0.202. The minimum absolute atomic E-state index is 0.198. The van der Waals surface area contributed by atoms with Gasteiger partial charge >= 0.3 is 0 Å². The van der Waals surface area contributed by atoms with Crippen LogP contribution in [0, 0.1) is 6.92 Å². The molecule has 0 bridgehead atoms. The van der Waals surface area contributed by atoms with E-state index in [4.69, 9.17) is 11.6 Å². The molecular formula is C13H13ClN4O. The van der Waals surface area contributed by atoms with Gasteiger partial charge in [-0.2, -0.15) is 5.10 Å². The molecule has 2 aromatic rings. The Bertz CT molecular complexity index is 589. The van der Waals surface area contributed by atoms with Crippen LogP contribution >= 0.6 is 11.6 Å². The first-order chi connectivity index (χ1) is 9.15. The van der Waals surface area contributed by atoms with Crippen molar-refractivity contribution < 1.29 is 4.79 Å². The second-order valence-electron chi connectivity index (χ2n) is 3.95. The van der Waals surface area contributed by atoms with Crippen molar-refractivity contribution in [2.24, 2.45) is 5.10 Å². The number of benzene rings is 1. The first kappa shape index (κ1) is 13.3. The average molecular weight is 277 g/mol. The minimum Gasteiger partial charge on any atom is -0.326 e. The number of amides is 1. The van der Waals surface area contributed by atoms with Gasteiger partial charge in [0.05, 0.1) is 6.21 Å². The van der Waals surface area contributed by atoms with Crippen molar-refractivity contribution in [1.82, 2.24) is 15.0 Å².